The lowest BCUT2D eigenvalue weighted by atomic mass is 9.93. The number of aromatic hydroxyl groups is 1. The second-order valence-electron chi connectivity index (χ2n) is 11.6. The van der Waals surface area contributed by atoms with Crippen LogP contribution in [0.1, 0.15) is 63.6 Å². The maximum absolute atomic E-state index is 13.1. The molecular weight excluding hydrogens is 518 g/mol. The summed E-state index contributed by atoms with van der Waals surface area (Å²) in [5, 5.41) is 11.0. The van der Waals surface area contributed by atoms with Crippen LogP contribution in [0, 0.1) is 5.92 Å². The fraction of sp³-hybridized carbons (Fsp3) is 0.467. The molecule has 0 radical (unpaired) electrons. The molecule has 1 aliphatic carbocycles. The number of halogens is 1. The molecular formula is C30H36ClN3O5. The van der Waals surface area contributed by atoms with E-state index in [-0.39, 0.29) is 30.1 Å². The molecule has 1 unspecified atom stereocenters. The third-order valence-electron chi connectivity index (χ3n) is 8.52. The van der Waals surface area contributed by atoms with E-state index in [1.807, 2.05) is 39.0 Å². The lowest BCUT2D eigenvalue weighted by Gasteiger charge is -2.36. The number of nitrogens with one attached hydrogen (secondary N) is 1. The molecule has 4 N–H and O–H groups in total. The van der Waals surface area contributed by atoms with Gasteiger partial charge < -0.3 is 30.2 Å². The van der Waals surface area contributed by atoms with E-state index in [4.69, 9.17) is 26.8 Å². The van der Waals surface area contributed by atoms with Crippen LogP contribution in [0.5, 0.6) is 11.5 Å². The highest BCUT2D eigenvalue weighted by atomic mass is 35.5. The van der Waals surface area contributed by atoms with Gasteiger partial charge in [-0.15, -0.1) is 0 Å². The zero-order valence-corrected chi connectivity index (χ0v) is 23.4. The molecule has 5 rings (SSSR count). The molecule has 1 aliphatic heterocycles. The van der Waals surface area contributed by atoms with E-state index >= 15 is 0 Å². The average Bonchev–Trinajstić information content (AvgIpc) is 3.61. The average molecular weight is 554 g/mol. The molecule has 3 aromatic rings. The third-order valence-corrected chi connectivity index (χ3v) is 8.88. The van der Waals surface area contributed by atoms with Crippen LogP contribution in [0.4, 0.5) is 10.5 Å². The second kappa shape index (κ2) is 10.3. The van der Waals surface area contributed by atoms with Gasteiger partial charge in [0, 0.05) is 47.2 Å². The first-order valence-electron chi connectivity index (χ1n) is 13.5. The van der Waals surface area contributed by atoms with Crippen molar-refractivity contribution < 1.29 is 24.2 Å². The zero-order valence-electron chi connectivity index (χ0n) is 22.6. The number of aromatic nitrogens is 1. The van der Waals surface area contributed by atoms with Crippen LogP contribution >= 0.6 is 11.6 Å². The monoisotopic (exact) mass is 553 g/mol. The Morgan fingerprint density at radius 2 is 1.90 bits per heavy atom. The number of nitrogens with two attached hydrogens (primary N) is 1. The lowest BCUT2D eigenvalue weighted by Crippen LogP contribution is -2.45. The molecule has 39 heavy (non-hydrogen) atoms. The Balaban J connectivity index is 1.14. The highest BCUT2D eigenvalue weighted by molar-refractivity contribution is 6.66. The molecule has 0 spiro atoms. The van der Waals surface area contributed by atoms with Crippen molar-refractivity contribution in [3.8, 4) is 11.5 Å². The van der Waals surface area contributed by atoms with Gasteiger partial charge in [-0.1, -0.05) is 13.0 Å². The number of phenolic OH excluding ortho intramolecular Hbond substituents is 1. The first kappa shape index (κ1) is 27.2. The number of hydrogen-bond acceptors (Lipinski definition) is 6. The van der Waals surface area contributed by atoms with E-state index in [0.29, 0.717) is 31.8 Å². The molecule has 9 heteroatoms. The minimum Gasteiger partial charge on any atom is -0.504 e. The number of aromatic amines is 1. The maximum Gasteiger partial charge on any atom is 0.410 e. The SMILES string of the molecule is CC(COc1cc(C2(C(=O)Cl)CC2)ccc1O)C(C)(C)OC(=O)N1CCC(c2cc3cc(N)ccc3[nH]2)CC1. The molecule has 1 amide bonds. The van der Waals surface area contributed by atoms with Gasteiger partial charge in [-0.05, 0) is 93.1 Å². The van der Waals surface area contributed by atoms with Gasteiger partial charge in [0.1, 0.15) is 5.60 Å². The first-order valence-corrected chi connectivity index (χ1v) is 13.9. The molecule has 208 valence electrons. The molecule has 0 bridgehead atoms. The number of likely N-dealkylation sites (tertiary alicyclic amines) is 1. The predicted octanol–water partition coefficient (Wildman–Crippen LogP) is 6.06. The zero-order chi connectivity index (χ0) is 27.9. The van der Waals surface area contributed by atoms with E-state index in [9.17, 15) is 14.7 Å². The fourth-order valence-corrected chi connectivity index (χ4v) is 5.52. The van der Waals surface area contributed by atoms with E-state index in [1.165, 1.54) is 11.8 Å². The van der Waals surface area contributed by atoms with E-state index in [0.717, 1.165) is 35.0 Å². The standard InChI is InChI=1S/C30H36ClN3O5/c1-18(17-38-26-16-21(4-7-25(26)35)30(10-11-30)27(31)36)29(2,3)39-28(37)34-12-8-19(9-13-34)24-15-20-14-22(32)5-6-23(20)33-24/h4-7,14-16,18-19,33,35H,8-13,17,32H2,1-3H3. The number of benzene rings is 2. The van der Waals surface area contributed by atoms with E-state index < -0.39 is 16.3 Å². The smallest absolute Gasteiger partial charge is 0.410 e. The van der Waals surface area contributed by atoms with Crippen LogP contribution in [0.3, 0.4) is 0 Å². The molecule has 8 nitrogen and oxygen atoms in total. The summed E-state index contributed by atoms with van der Waals surface area (Å²) in [5.74, 6) is 0.438. The summed E-state index contributed by atoms with van der Waals surface area (Å²) in [5.41, 5.74) is 8.16. The third kappa shape index (κ3) is 5.53. The van der Waals surface area contributed by atoms with Crippen molar-refractivity contribution in [2.24, 2.45) is 5.92 Å². The minimum absolute atomic E-state index is 0.0140. The van der Waals surface area contributed by atoms with E-state index in [2.05, 4.69) is 11.1 Å². The number of hydrogen-bond donors (Lipinski definition) is 3. The van der Waals surface area contributed by atoms with Crippen LogP contribution in [0.2, 0.25) is 0 Å². The number of rotatable bonds is 8. The molecule has 1 saturated carbocycles. The molecule has 1 atom stereocenters. The largest absolute Gasteiger partial charge is 0.504 e. The lowest BCUT2D eigenvalue weighted by molar-refractivity contribution is -0.113. The van der Waals surface area contributed by atoms with Gasteiger partial charge in [0.15, 0.2) is 11.5 Å². The Morgan fingerprint density at radius 1 is 1.18 bits per heavy atom. The van der Waals surface area contributed by atoms with Crippen molar-refractivity contribution in [3.63, 3.8) is 0 Å². The highest BCUT2D eigenvalue weighted by Crippen LogP contribution is 2.51. The summed E-state index contributed by atoms with van der Waals surface area (Å²) < 4.78 is 11.9. The number of piperidine rings is 1. The van der Waals surface area contributed by atoms with Crippen LogP contribution in [-0.4, -0.2) is 51.6 Å². The quantitative estimate of drug-likeness (QED) is 0.230. The number of nitrogens with zero attached hydrogens (tertiary/aromatic N) is 1. The summed E-state index contributed by atoms with van der Waals surface area (Å²) >= 11 is 5.82. The molecule has 2 aromatic carbocycles. The molecule has 2 heterocycles. The van der Waals surface area contributed by atoms with Gasteiger partial charge in [0.05, 0.1) is 12.0 Å². The highest BCUT2D eigenvalue weighted by Gasteiger charge is 2.50. The number of carbonyl (C=O) groups excluding carboxylic acids is 2. The van der Waals surface area contributed by atoms with Gasteiger partial charge in [-0.3, -0.25) is 4.79 Å². The number of anilines is 1. The Labute approximate surface area is 233 Å². The van der Waals surface area contributed by atoms with E-state index in [1.54, 1.807) is 17.0 Å². The van der Waals surface area contributed by atoms with Gasteiger partial charge in [0.2, 0.25) is 5.24 Å². The van der Waals surface area contributed by atoms with Crippen molar-refractivity contribution >= 4 is 39.5 Å². The van der Waals surface area contributed by atoms with Gasteiger partial charge in [-0.2, -0.15) is 0 Å². The number of amides is 1. The second-order valence-corrected chi connectivity index (χ2v) is 11.9. The minimum atomic E-state index is -0.803. The number of H-pyrrole nitrogens is 1. The number of carbonyl (C=O) groups is 2. The Kier molecular flexibility index (Phi) is 7.18. The van der Waals surface area contributed by atoms with Gasteiger partial charge in [-0.25, -0.2) is 4.79 Å². The van der Waals surface area contributed by atoms with Crippen molar-refractivity contribution in [2.45, 2.75) is 63.4 Å². The summed E-state index contributed by atoms with van der Waals surface area (Å²) in [7, 11) is 0. The van der Waals surface area contributed by atoms with Crippen molar-refractivity contribution in [3.05, 3.63) is 53.7 Å². The van der Waals surface area contributed by atoms with Crippen LogP contribution < -0.4 is 10.5 Å². The van der Waals surface area contributed by atoms with Crippen LogP contribution in [-0.2, 0) is 14.9 Å². The number of nitrogen functional groups attached to an aromatic ring is 1. The molecule has 2 fully saturated rings. The van der Waals surface area contributed by atoms with Crippen molar-refractivity contribution in [1.29, 1.82) is 0 Å². The summed E-state index contributed by atoms with van der Waals surface area (Å²) in [4.78, 5) is 30.2. The van der Waals surface area contributed by atoms with Crippen LogP contribution in [0.25, 0.3) is 10.9 Å². The first-order chi connectivity index (χ1) is 18.5. The van der Waals surface area contributed by atoms with Crippen LogP contribution in [0.15, 0.2) is 42.5 Å². The molecule has 2 aliphatic rings. The molecule has 1 aromatic heterocycles. The Hall–Kier alpha value is -3.39. The summed E-state index contributed by atoms with van der Waals surface area (Å²) in [6.45, 7) is 7.11. The topological polar surface area (TPSA) is 118 Å². The normalized spacial score (nSPS) is 18.1. The predicted molar refractivity (Wildman–Crippen MR) is 151 cm³/mol. The fourth-order valence-electron chi connectivity index (χ4n) is 5.22. The van der Waals surface area contributed by atoms with Gasteiger partial charge >= 0.3 is 6.09 Å². The van der Waals surface area contributed by atoms with Crippen molar-refractivity contribution in [2.75, 3.05) is 25.4 Å². The molecule has 1 saturated heterocycles. The number of fused-ring (bicyclic) bond motifs is 1. The number of phenols is 1. The van der Waals surface area contributed by atoms with Gasteiger partial charge in [0.25, 0.3) is 0 Å². The summed E-state index contributed by atoms with van der Waals surface area (Å²) in [6, 6.07) is 12.9. The maximum atomic E-state index is 13.1. The van der Waals surface area contributed by atoms with Crippen molar-refractivity contribution in [1.82, 2.24) is 9.88 Å². The number of ether oxygens (including phenoxy) is 2. The Morgan fingerprint density at radius 3 is 2.56 bits per heavy atom. The Bertz CT molecular complexity index is 1390. The summed E-state index contributed by atoms with van der Waals surface area (Å²) in [6.07, 6.45) is 2.73.